The van der Waals surface area contributed by atoms with Crippen LogP contribution in [0, 0.1) is 0 Å². The van der Waals surface area contributed by atoms with Crippen LogP contribution in [0.15, 0.2) is 34.8 Å². The summed E-state index contributed by atoms with van der Waals surface area (Å²) in [6.45, 7) is 4.36. The number of ether oxygens (including phenoxy) is 2. The van der Waals surface area contributed by atoms with Gasteiger partial charge in [0.25, 0.3) is 0 Å². The summed E-state index contributed by atoms with van der Waals surface area (Å²) in [6.07, 6.45) is 1.84. The van der Waals surface area contributed by atoms with Gasteiger partial charge in [0.2, 0.25) is 6.79 Å². The number of aliphatic imine (C=N–C) groups is 1. The normalized spacial score (nSPS) is 17.4. The van der Waals surface area contributed by atoms with Crippen LogP contribution >= 0.6 is 11.3 Å². The Bertz CT molecular complexity index is 726. The van der Waals surface area contributed by atoms with Crippen molar-refractivity contribution in [3.05, 3.63) is 35.3 Å². The summed E-state index contributed by atoms with van der Waals surface area (Å²) >= 11 is 1.67. The largest absolute Gasteiger partial charge is 0.454 e. The molecule has 24 heavy (non-hydrogen) atoms. The van der Waals surface area contributed by atoms with Gasteiger partial charge in [-0.15, -0.1) is 11.3 Å². The summed E-state index contributed by atoms with van der Waals surface area (Å²) in [5.41, 5.74) is 7.22. The third-order valence-electron chi connectivity index (χ3n) is 4.15. The predicted octanol–water partition coefficient (Wildman–Crippen LogP) is 1.51. The van der Waals surface area contributed by atoms with E-state index in [-0.39, 0.29) is 6.79 Å². The Kier molecular flexibility index (Phi) is 4.12. The minimum Gasteiger partial charge on any atom is -0.454 e. The van der Waals surface area contributed by atoms with Crippen LogP contribution in [0.25, 0.3) is 0 Å². The third kappa shape index (κ3) is 3.09. The molecule has 8 heteroatoms. The molecule has 2 aliphatic rings. The van der Waals surface area contributed by atoms with E-state index in [0.717, 1.165) is 48.4 Å². The molecule has 4 rings (SSSR count). The maximum Gasteiger partial charge on any atom is 0.231 e. The highest BCUT2D eigenvalue weighted by molar-refractivity contribution is 7.13. The van der Waals surface area contributed by atoms with Crippen LogP contribution in [0.1, 0.15) is 5.56 Å². The van der Waals surface area contributed by atoms with Crippen LogP contribution in [-0.4, -0.2) is 48.8 Å². The summed E-state index contributed by atoms with van der Waals surface area (Å²) in [4.78, 5) is 13.3. The monoisotopic (exact) mass is 345 g/mol. The summed E-state index contributed by atoms with van der Waals surface area (Å²) in [6, 6.07) is 5.86. The second-order valence-corrected chi connectivity index (χ2v) is 6.52. The number of anilines is 1. The molecule has 0 bridgehead atoms. The molecule has 126 valence electrons. The molecule has 0 saturated carbocycles. The van der Waals surface area contributed by atoms with Crippen LogP contribution in [0.3, 0.4) is 0 Å². The SMILES string of the molecule is NC(=NCc1ccc2c(c1)OCO2)N1CCN(c2nccs2)CC1. The Balaban J connectivity index is 1.34. The van der Waals surface area contributed by atoms with Gasteiger partial charge < -0.3 is 25.0 Å². The lowest BCUT2D eigenvalue weighted by atomic mass is 10.2. The highest BCUT2D eigenvalue weighted by atomic mass is 32.1. The molecule has 1 fully saturated rings. The number of nitrogens with zero attached hydrogens (tertiary/aromatic N) is 4. The van der Waals surface area contributed by atoms with Gasteiger partial charge in [-0.25, -0.2) is 9.98 Å². The number of nitrogens with two attached hydrogens (primary N) is 1. The fourth-order valence-corrected chi connectivity index (χ4v) is 3.51. The number of benzene rings is 1. The lowest BCUT2D eigenvalue weighted by molar-refractivity contribution is 0.174. The molecular weight excluding hydrogens is 326 g/mol. The Morgan fingerprint density at radius 3 is 2.83 bits per heavy atom. The van der Waals surface area contributed by atoms with Crippen molar-refractivity contribution in [1.82, 2.24) is 9.88 Å². The zero-order valence-electron chi connectivity index (χ0n) is 13.2. The zero-order chi connectivity index (χ0) is 16.4. The molecule has 1 aromatic heterocycles. The standard InChI is InChI=1S/C16H19N5O2S/c17-15(19-10-12-1-2-13-14(9-12)23-11-22-13)20-4-6-21(7-5-20)16-18-3-8-24-16/h1-3,8-9H,4-7,10-11H2,(H2,17,19). The first-order valence-electron chi connectivity index (χ1n) is 7.87. The number of guanidine groups is 1. The van der Waals surface area contributed by atoms with E-state index >= 15 is 0 Å². The van der Waals surface area contributed by atoms with Gasteiger partial charge in [-0.3, -0.25) is 0 Å². The first-order chi connectivity index (χ1) is 11.8. The average Bonchev–Trinajstić information content (AvgIpc) is 3.31. The zero-order valence-corrected chi connectivity index (χ0v) is 14.0. The number of fused-ring (bicyclic) bond motifs is 1. The minimum absolute atomic E-state index is 0.285. The van der Waals surface area contributed by atoms with E-state index < -0.39 is 0 Å². The lowest BCUT2D eigenvalue weighted by Crippen LogP contribution is -2.51. The van der Waals surface area contributed by atoms with Crippen LogP contribution in [0.2, 0.25) is 0 Å². The van der Waals surface area contributed by atoms with Crippen molar-refractivity contribution in [2.45, 2.75) is 6.54 Å². The average molecular weight is 345 g/mol. The quantitative estimate of drug-likeness (QED) is 0.671. The van der Waals surface area contributed by atoms with E-state index in [2.05, 4.69) is 19.8 Å². The van der Waals surface area contributed by atoms with Crippen LogP contribution in [0.5, 0.6) is 11.5 Å². The van der Waals surface area contributed by atoms with E-state index in [1.54, 1.807) is 11.3 Å². The summed E-state index contributed by atoms with van der Waals surface area (Å²) in [5, 5.41) is 3.08. The number of thiazole rings is 1. The Labute approximate surface area is 144 Å². The molecule has 0 aliphatic carbocycles. The molecule has 3 heterocycles. The fraction of sp³-hybridized carbons (Fsp3) is 0.375. The van der Waals surface area contributed by atoms with Gasteiger partial charge in [-0.05, 0) is 17.7 Å². The fourth-order valence-electron chi connectivity index (χ4n) is 2.81. The molecule has 2 N–H and O–H groups in total. The molecule has 0 radical (unpaired) electrons. The first kappa shape index (κ1) is 15.1. The molecule has 1 aromatic carbocycles. The van der Waals surface area contributed by atoms with Gasteiger partial charge in [-0.2, -0.15) is 0 Å². The summed E-state index contributed by atoms with van der Waals surface area (Å²) < 4.78 is 10.7. The van der Waals surface area contributed by atoms with E-state index in [0.29, 0.717) is 12.5 Å². The van der Waals surface area contributed by atoms with Crippen molar-refractivity contribution in [2.75, 3.05) is 37.9 Å². The number of piperazine rings is 1. The van der Waals surface area contributed by atoms with Gasteiger partial charge in [0, 0.05) is 37.8 Å². The van der Waals surface area contributed by atoms with Gasteiger partial charge in [0.15, 0.2) is 22.6 Å². The van der Waals surface area contributed by atoms with Crippen molar-refractivity contribution in [3.8, 4) is 11.5 Å². The lowest BCUT2D eigenvalue weighted by Gasteiger charge is -2.35. The van der Waals surface area contributed by atoms with Gasteiger partial charge >= 0.3 is 0 Å². The summed E-state index contributed by atoms with van der Waals surface area (Å²) in [5.74, 6) is 2.15. The van der Waals surface area contributed by atoms with E-state index in [1.165, 1.54) is 0 Å². The third-order valence-corrected chi connectivity index (χ3v) is 4.99. The molecule has 2 aliphatic heterocycles. The van der Waals surface area contributed by atoms with Crippen molar-refractivity contribution >= 4 is 22.4 Å². The van der Waals surface area contributed by atoms with Crippen molar-refractivity contribution < 1.29 is 9.47 Å². The highest BCUT2D eigenvalue weighted by Crippen LogP contribution is 2.32. The van der Waals surface area contributed by atoms with E-state index in [4.69, 9.17) is 15.2 Å². The molecule has 0 amide bonds. The molecule has 2 aromatic rings. The Morgan fingerprint density at radius 1 is 1.21 bits per heavy atom. The van der Waals surface area contributed by atoms with Crippen molar-refractivity contribution in [1.29, 1.82) is 0 Å². The number of hydrogen-bond donors (Lipinski definition) is 1. The second-order valence-electron chi connectivity index (χ2n) is 5.65. The highest BCUT2D eigenvalue weighted by Gasteiger charge is 2.20. The van der Waals surface area contributed by atoms with Crippen molar-refractivity contribution in [3.63, 3.8) is 0 Å². The van der Waals surface area contributed by atoms with Crippen LogP contribution in [0.4, 0.5) is 5.13 Å². The van der Waals surface area contributed by atoms with Gasteiger partial charge in [-0.1, -0.05) is 6.07 Å². The molecule has 1 saturated heterocycles. The number of rotatable bonds is 3. The maximum atomic E-state index is 6.16. The van der Waals surface area contributed by atoms with Crippen LogP contribution < -0.4 is 20.1 Å². The Hall–Kier alpha value is -2.48. The molecular formula is C16H19N5O2S. The van der Waals surface area contributed by atoms with Crippen molar-refractivity contribution in [2.24, 2.45) is 10.7 Å². The Morgan fingerprint density at radius 2 is 2.04 bits per heavy atom. The first-order valence-corrected chi connectivity index (χ1v) is 8.75. The maximum absolute atomic E-state index is 6.16. The molecule has 0 unspecified atom stereocenters. The minimum atomic E-state index is 0.285. The molecule has 0 atom stereocenters. The second kappa shape index (κ2) is 6.56. The molecule has 7 nitrogen and oxygen atoms in total. The summed E-state index contributed by atoms with van der Waals surface area (Å²) in [7, 11) is 0. The van der Waals surface area contributed by atoms with Gasteiger partial charge in [0.1, 0.15) is 0 Å². The number of aromatic nitrogens is 1. The smallest absolute Gasteiger partial charge is 0.231 e. The predicted molar refractivity (Wildman–Crippen MR) is 93.8 cm³/mol. The van der Waals surface area contributed by atoms with Gasteiger partial charge in [0.05, 0.1) is 6.54 Å². The van der Waals surface area contributed by atoms with Crippen LogP contribution in [-0.2, 0) is 6.54 Å². The van der Waals surface area contributed by atoms with E-state index in [9.17, 15) is 0 Å². The number of hydrogen-bond acceptors (Lipinski definition) is 6. The topological polar surface area (TPSA) is 76.2 Å². The molecule has 0 spiro atoms. The van der Waals surface area contributed by atoms with E-state index in [1.807, 2.05) is 29.8 Å².